The molecule has 2 heterocycles. The van der Waals surface area contributed by atoms with Crippen molar-refractivity contribution < 1.29 is 8.42 Å². The molecule has 0 atom stereocenters. The van der Waals surface area contributed by atoms with Crippen LogP contribution in [0.25, 0.3) is 10.9 Å². The van der Waals surface area contributed by atoms with Gasteiger partial charge in [0, 0.05) is 17.8 Å². The molecule has 0 spiro atoms. The van der Waals surface area contributed by atoms with Gasteiger partial charge in [0.1, 0.15) is 4.90 Å². The smallest absolute Gasteiger partial charge is 0.263 e. The molecule has 0 aliphatic carbocycles. The lowest BCUT2D eigenvalue weighted by Crippen LogP contribution is -2.15. The van der Waals surface area contributed by atoms with Crippen LogP contribution >= 0.6 is 0 Å². The fourth-order valence-corrected chi connectivity index (χ4v) is 3.40. The SMILES string of the molecule is Cc1ncccc1S(=O)(=O)Nc1cccc2cccnc12. The molecule has 0 amide bonds. The van der Waals surface area contributed by atoms with Crippen LogP contribution in [0.4, 0.5) is 5.69 Å². The number of hydrogen-bond donors (Lipinski definition) is 1. The predicted octanol–water partition coefficient (Wildman–Crippen LogP) is 2.74. The zero-order valence-corrected chi connectivity index (χ0v) is 12.1. The lowest BCUT2D eigenvalue weighted by Gasteiger charge is -2.11. The third-order valence-corrected chi connectivity index (χ3v) is 4.62. The number of rotatable bonds is 3. The lowest BCUT2D eigenvalue weighted by molar-refractivity contribution is 0.600. The second kappa shape index (κ2) is 5.14. The quantitative estimate of drug-likeness (QED) is 0.807. The summed E-state index contributed by atoms with van der Waals surface area (Å²) < 4.78 is 27.6. The molecular weight excluding hydrogens is 286 g/mol. The summed E-state index contributed by atoms with van der Waals surface area (Å²) in [5.74, 6) is 0. The highest BCUT2D eigenvalue weighted by molar-refractivity contribution is 7.92. The first-order chi connectivity index (χ1) is 10.1. The molecule has 0 aliphatic rings. The van der Waals surface area contributed by atoms with Crippen LogP contribution in [-0.2, 0) is 10.0 Å². The van der Waals surface area contributed by atoms with Gasteiger partial charge in [-0.2, -0.15) is 0 Å². The Bertz CT molecular complexity index is 902. The van der Waals surface area contributed by atoms with Gasteiger partial charge < -0.3 is 0 Å². The van der Waals surface area contributed by atoms with E-state index in [4.69, 9.17) is 0 Å². The molecule has 1 aromatic carbocycles. The first-order valence-corrected chi connectivity index (χ1v) is 7.84. The standard InChI is InChI=1S/C15H13N3O2S/c1-11-14(8-4-9-16-11)21(19,20)18-13-7-2-5-12-6-3-10-17-15(12)13/h2-10,18H,1H3. The van der Waals surface area contributed by atoms with Crippen molar-refractivity contribution >= 4 is 26.6 Å². The monoisotopic (exact) mass is 299 g/mol. The van der Waals surface area contributed by atoms with E-state index >= 15 is 0 Å². The molecule has 0 fully saturated rings. The first kappa shape index (κ1) is 13.5. The molecule has 3 rings (SSSR count). The molecule has 106 valence electrons. The van der Waals surface area contributed by atoms with Crippen LogP contribution in [0.15, 0.2) is 59.8 Å². The number of sulfonamides is 1. The average Bonchev–Trinajstić information content (AvgIpc) is 2.47. The van der Waals surface area contributed by atoms with Crippen molar-refractivity contribution in [2.45, 2.75) is 11.8 Å². The third-order valence-electron chi connectivity index (χ3n) is 3.12. The number of hydrogen-bond acceptors (Lipinski definition) is 4. The maximum absolute atomic E-state index is 12.5. The Morgan fingerprint density at radius 1 is 0.952 bits per heavy atom. The van der Waals surface area contributed by atoms with Crippen LogP contribution in [-0.4, -0.2) is 18.4 Å². The highest BCUT2D eigenvalue weighted by atomic mass is 32.2. The molecule has 0 saturated carbocycles. The summed E-state index contributed by atoms with van der Waals surface area (Å²) in [7, 11) is -3.69. The zero-order chi connectivity index (χ0) is 14.9. The topological polar surface area (TPSA) is 72.0 Å². The lowest BCUT2D eigenvalue weighted by atomic mass is 10.2. The zero-order valence-electron chi connectivity index (χ0n) is 11.3. The molecule has 21 heavy (non-hydrogen) atoms. The number of nitrogens with zero attached hydrogens (tertiary/aromatic N) is 2. The molecule has 0 unspecified atom stereocenters. The minimum Gasteiger partial charge on any atom is -0.277 e. The van der Waals surface area contributed by atoms with Crippen molar-refractivity contribution in [1.29, 1.82) is 0 Å². The fraction of sp³-hybridized carbons (Fsp3) is 0.0667. The molecule has 0 aliphatic heterocycles. The van der Waals surface area contributed by atoms with Gasteiger partial charge in [-0.3, -0.25) is 14.7 Å². The summed E-state index contributed by atoms with van der Waals surface area (Å²) in [6, 6.07) is 12.2. The van der Waals surface area contributed by atoms with E-state index in [0.717, 1.165) is 5.39 Å². The van der Waals surface area contributed by atoms with Gasteiger partial charge in [0.2, 0.25) is 0 Å². The molecule has 0 radical (unpaired) electrons. The number of aromatic nitrogens is 2. The van der Waals surface area contributed by atoms with E-state index in [9.17, 15) is 8.42 Å². The van der Waals surface area contributed by atoms with E-state index in [1.807, 2.05) is 18.2 Å². The summed E-state index contributed by atoms with van der Waals surface area (Å²) in [6.07, 6.45) is 3.20. The third kappa shape index (κ3) is 2.57. The van der Waals surface area contributed by atoms with E-state index in [1.165, 1.54) is 6.07 Å². The molecule has 1 N–H and O–H groups in total. The van der Waals surface area contributed by atoms with Crippen molar-refractivity contribution in [2.24, 2.45) is 0 Å². The van der Waals surface area contributed by atoms with Gasteiger partial charge in [-0.05, 0) is 31.2 Å². The molecule has 5 nitrogen and oxygen atoms in total. The van der Waals surface area contributed by atoms with Crippen molar-refractivity contribution in [1.82, 2.24) is 9.97 Å². The molecular formula is C15H13N3O2S. The van der Waals surface area contributed by atoms with Crippen molar-refractivity contribution in [3.63, 3.8) is 0 Å². The van der Waals surface area contributed by atoms with Gasteiger partial charge in [-0.1, -0.05) is 18.2 Å². The van der Waals surface area contributed by atoms with E-state index in [-0.39, 0.29) is 4.90 Å². The minimum absolute atomic E-state index is 0.165. The van der Waals surface area contributed by atoms with Crippen molar-refractivity contribution in [2.75, 3.05) is 4.72 Å². The largest absolute Gasteiger partial charge is 0.277 e. The van der Waals surface area contributed by atoms with Gasteiger partial charge in [0.15, 0.2) is 0 Å². The van der Waals surface area contributed by atoms with Crippen LogP contribution in [0.3, 0.4) is 0 Å². The molecule has 3 aromatic rings. The maximum atomic E-state index is 12.5. The van der Waals surface area contributed by atoms with E-state index in [2.05, 4.69) is 14.7 Å². The van der Waals surface area contributed by atoms with Gasteiger partial charge >= 0.3 is 0 Å². The predicted molar refractivity (Wildman–Crippen MR) is 81.5 cm³/mol. The summed E-state index contributed by atoms with van der Waals surface area (Å²) in [4.78, 5) is 8.42. The maximum Gasteiger partial charge on any atom is 0.263 e. The summed E-state index contributed by atoms with van der Waals surface area (Å²) >= 11 is 0. The van der Waals surface area contributed by atoms with Crippen LogP contribution in [0.2, 0.25) is 0 Å². The van der Waals surface area contributed by atoms with Gasteiger partial charge in [0.05, 0.1) is 16.9 Å². The average molecular weight is 299 g/mol. The number of nitrogens with one attached hydrogen (secondary N) is 1. The number of fused-ring (bicyclic) bond motifs is 1. The summed E-state index contributed by atoms with van der Waals surface area (Å²) in [5, 5.41) is 0.876. The Balaban J connectivity index is 2.08. The summed E-state index contributed by atoms with van der Waals surface area (Å²) in [6.45, 7) is 1.66. The Kier molecular flexibility index (Phi) is 3.31. The number of para-hydroxylation sites is 1. The number of benzene rings is 1. The normalized spacial score (nSPS) is 11.5. The van der Waals surface area contributed by atoms with Crippen molar-refractivity contribution in [3.8, 4) is 0 Å². The Morgan fingerprint density at radius 3 is 2.48 bits per heavy atom. The first-order valence-electron chi connectivity index (χ1n) is 6.36. The Labute approximate surface area is 122 Å². The number of anilines is 1. The molecule has 0 bridgehead atoms. The second-order valence-electron chi connectivity index (χ2n) is 4.57. The van der Waals surface area contributed by atoms with Gasteiger partial charge in [-0.15, -0.1) is 0 Å². The summed E-state index contributed by atoms with van der Waals surface area (Å²) in [5.41, 5.74) is 1.53. The molecule has 6 heteroatoms. The van der Waals surface area contributed by atoms with Crippen molar-refractivity contribution in [3.05, 3.63) is 60.6 Å². The van der Waals surface area contributed by atoms with Gasteiger partial charge in [-0.25, -0.2) is 8.42 Å². The highest BCUT2D eigenvalue weighted by Gasteiger charge is 2.18. The number of pyridine rings is 2. The van der Waals surface area contributed by atoms with Crippen LogP contribution in [0.5, 0.6) is 0 Å². The fourth-order valence-electron chi connectivity index (χ4n) is 2.14. The van der Waals surface area contributed by atoms with Crippen LogP contribution in [0.1, 0.15) is 5.69 Å². The van der Waals surface area contributed by atoms with E-state index < -0.39 is 10.0 Å². The Morgan fingerprint density at radius 2 is 1.67 bits per heavy atom. The highest BCUT2D eigenvalue weighted by Crippen LogP contribution is 2.24. The van der Waals surface area contributed by atoms with Crippen LogP contribution < -0.4 is 4.72 Å². The number of aryl methyl sites for hydroxylation is 1. The molecule has 0 saturated heterocycles. The van der Waals surface area contributed by atoms with Crippen LogP contribution in [0, 0.1) is 6.92 Å². The Hall–Kier alpha value is -2.47. The van der Waals surface area contributed by atoms with E-state index in [0.29, 0.717) is 16.9 Å². The second-order valence-corrected chi connectivity index (χ2v) is 6.22. The van der Waals surface area contributed by atoms with E-state index in [1.54, 1.807) is 37.5 Å². The minimum atomic E-state index is -3.69. The molecule has 2 aromatic heterocycles. The van der Waals surface area contributed by atoms with Gasteiger partial charge in [0.25, 0.3) is 10.0 Å².